The molecule has 8 nitrogen and oxygen atoms in total. The minimum absolute atomic E-state index is 0.242. The molecular weight excluding hydrogens is 558 g/mol. The van der Waals surface area contributed by atoms with Crippen molar-refractivity contribution in [1.82, 2.24) is 9.66 Å². The van der Waals surface area contributed by atoms with Gasteiger partial charge in [0.1, 0.15) is 5.82 Å². The molecule has 1 atom stereocenters. The lowest BCUT2D eigenvalue weighted by Gasteiger charge is -2.18. The number of carbonyl (C=O) groups is 1. The van der Waals surface area contributed by atoms with Crippen LogP contribution < -0.4 is 15.0 Å². The molecule has 0 bridgehead atoms. The highest BCUT2D eigenvalue weighted by atomic mass is 79.9. The number of rotatable bonds is 8. The lowest BCUT2D eigenvalue weighted by molar-refractivity contribution is -0.150. The van der Waals surface area contributed by atoms with Crippen LogP contribution in [-0.4, -0.2) is 41.7 Å². The number of benzene rings is 2. The molecule has 0 saturated heterocycles. The highest BCUT2D eigenvalue weighted by Gasteiger charge is 2.21. The summed E-state index contributed by atoms with van der Waals surface area (Å²) in [6.07, 6.45) is 1.11. The molecule has 33 heavy (non-hydrogen) atoms. The molecule has 1 heterocycles. The minimum atomic E-state index is -0.874. The van der Waals surface area contributed by atoms with Gasteiger partial charge >= 0.3 is 5.97 Å². The van der Waals surface area contributed by atoms with Gasteiger partial charge in [-0.25, -0.2) is 9.78 Å². The maximum Gasteiger partial charge on any atom is 0.347 e. The maximum absolute atomic E-state index is 13.2. The van der Waals surface area contributed by atoms with E-state index in [1.807, 2.05) is 13.0 Å². The quantitative estimate of drug-likeness (QED) is 0.283. The van der Waals surface area contributed by atoms with E-state index in [4.69, 9.17) is 14.2 Å². The first-order valence-corrected chi connectivity index (χ1v) is 11.8. The van der Waals surface area contributed by atoms with Crippen LogP contribution in [0.2, 0.25) is 0 Å². The molecule has 0 aliphatic heterocycles. The van der Waals surface area contributed by atoms with Gasteiger partial charge in [0, 0.05) is 20.9 Å². The highest BCUT2D eigenvalue weighted by molar-refractivity contribution is 9.10. The van der Waals surface area contributed by atoms with Crippen molar-refractivity contribution in [2.75, 3.05) is 13.7 Å². The number of halogens is 2. The third kappa shape index (κ3) is 5.62. The summed E-state index contributed by atoms with van der Waals surface area (Å²) in [7, 11) is 1.50. The topological polar surface area (TPSA) is 92.0 Å². The summed E-state index contributed by atoms with van der Waals surface area (Å²) in [4.78, 5) is 29.8. The summed E-state index contributed by atoms with van der Waals surface area (Å²) < 4.78 is 19.1. The Labute approximate surface area is 207 Å². The van der Waals surface area contributed by atoms with E-state index in [1.165, 1.54) is 18.0 Å². The van der Waals surface area contributed by atoms with E-state index >= 15 is 0 Å². The standard InChI is InChI=1S/C23H23Br2N3O5/c1-5-20-27-18-8-7-15(24)10-17(18)22(29)28(20)26-12-14-9-16(25)11-19(31-4)21(14)33-13(3)23(30)32-6-2/h7-13H,5-6H2,1-4H3/t13-/m1/s1. The Balaban J connectivity index is 2.11. The summed E-state index contributed by atoms with van der Waals surface area (Å²) >= 11 is 6.84. The van der Waals surface area contributed by atoms with Crippen LogP contribution in [0.25, 0.3) is 10.9 Å². The third-order valence-electron chi connectivity index (χ3n) is 4.69. The van der Waals surface area contributed by atoms with Crippen molar-refractivity contribution in [2.45, 2.75) is 33.3 Å². The summed E-state index contributed by atoms with van der Waals surface area (Å²) in [5, 5.41) is 4.86. The van der Waals surface area contributed by atoms with E-state index in [0.717, 1.165) is 4.47 Å². The number of esters is 1. The van der Waals surface area contributed by atoms with Crippen LogP contribution in [0.5, 0.6) is 11.5 Å². The predicted octanol–water partition coefficient (Wildman–Crippen LogP) is 4.71. The average Bonchev–Trinajstić information content (AvgIpc) is 2.79. The molecule has 0 radical (unpaired) electrons. The van der Waals surface area contributed by atoms with Crippen LogP contribution in [-0.2, 0) is 16.0 Å². The molecule has 3 rings (SSSR count). The largest absolute Gasteiger partial charge is 0.493 e. The fourth-order valence-electron chi connectivity index (χ4n) is 3.11. The lowest BCUT2D eigenvalue weighted by Crippen LogP contribution is -2.26. The SMILES string of the molecule is CCOC(=O)[C@@H](C)Oc1c(C=Nn2c(CC)nc3ccc(Br)cc3c2=O)cc(Br)cc1OC. The smallest absolute Gasteiger partial charge is 0.347 e. The predicted molar refractivity (Wildman–Crippen MR) is 133 cm³/mol. The number of aromatic nitrogens is 2. The van der Waals surface area contributed by atoms with Gasteiger partial charge < -0.3 is 14.2 Å². The minimum Gasteiger partial charge on any atom is -0.493 e. The van der Waals surface area contributed by atoms with Crippen molar-refractivity contribution in [1.29, 1.82) is 0 Å². The number of ether oxygens (including phenoxy) is 3. The van der Waals surface area contributed by atoms with Crippen LogP contribution in [0.4, 0.5) is 0 Å². The third-order valence-corrected chi connectivity index (χ3v) is 5.64. The van der Waals surface area contributed by atoms with Gasteiger partial charge in [-0.2, -0.15) is 9.78 Å². The van der Waals surface area contributed by atoms with Crippen molar-refractivity contribution in [3.05, 3.63) is 61.0 Å². The molecular formula is C23H23Br2N3O5. The molecule has 1 aromatic heterocycles. The maximum atomic E-state index is 13.2. The van der Waals surface area contributed by atoms with Crippen LogP contribution in [0, 0.1) is 0 Å². The number of methoxy groups -OCH3 is 1. The number of aryl methyl sites for hydroxylation is 1. The summed E-state index contributed by atoms with van der Waals surface area (Å²) in [5.41, 5.74) is 0.808. The number of hydrogen-bond acceptors (Lipinski definition) is 7. The molecule has 0 fully saturated rings. The molecule has 0 saturated carbocycles. The number of nitrogens with zero attached hydrogens (tertiary/aromatic N) is 3. The van der Waals surface area contributed by atoms with Crippen LogP contribution >= 0.6 is 31.9 Å². The zero-order chi connectivity index (χ0) is 24.1. The zero-order valence-corrected chi connectivity index (χ0v) is 21.8. The fourth-order valence-corrected chi connectivity index (χ4v) is 3.93. The van der Waals surface area contributed by atoms with E-state index in [2.05, 4.69) is 41.9 Å². The van der Waals surface area contributed by atoms with Crippen molar-refractivity contribution in [2.24, 2.45) is 5.10 Å². The number of carbonyl (C=O) groups excluding carboxylic acids is 1. The second kappa shape index (κ2) is 10.9. The van der Waals surface area contributed by atoms with Gasteiger partial charge in [-0.1, -0.05) is 38.8 Å². The second-order valence-electron chi connectivity index (χ2n) is 6.94. The number of hydrogen-bond donors (Lipinski definition) is 0. The van der Waals surface area contributed by atoms with E-state index in [1.54, 1.807) is 38.1 Å². The van der Waals surface area contributed by atoms with Gasteiger partial charge in [0.2, 0.25) is 0 Å². The van der Waals surface area contributed by atoms with E-state index in [0.29, 0.717) is 44.7 Å². The van der Waals surface area contributed by atoms with Gasteiger partial charge in [-0.05, 0) is 44.2 Å². The van der Waals surface area contributed by atoms with Gasteiger partial charge in [0.25, 0.3) is 5.56 Å². The van der Waals surface area contributed by atoms with Crippen LogP contribution in [0.3, 0.4) is 0 Å². The second-order valence-corrected chi connectivity index (χ2v) is 8.77. The first-order valence-electron chi connectivity index (χ1n) is 10.2. The Morgan fingerprint density at radius 1 is 1.21 bits per heavy atom. The molecule has 0 spiro atoms. The summed E-state index contributed by atoms with van der Waals surface area (Å²) in [5.74, 6) is 0.702. The molecule has 10 heteroatoms. The van der Waals surface area contributed by atoms with Gasteiger partial charge in [-0.15, -0.1) is 0 Å². The van der Waals surface area contributed by atoms with Gasteiger partial charge in [0.05, 0.1) is 30.8 Å². The van der Waals surface area contributed by atoms with Crippen LogP contribution in [0.15, 0.2) is 49.2 Å². The molecule has 174 valence electrons. The van der Waals surface area contributed by atoms with Gasteiger partial charge in [0.15, 0.2) is 17.6 Å². The molecule has 0 aliphatic carbocycles. The van der Waals surface area contributed by atoms with Crippen LogP contribution in [0.1, 0.15) is 32.2 Å². The highest BCUT2D eigenvalue weighted by Crippen LogP contribution is 2.35. The Hall–Kier alpha value is -2.72. The van der Waals surface area contributed by atoms with Crippen molar-refractivity contribution in [3.63, 3.8) is 0 Å². The average molecular weight is 581 g/mol. The van der Waals surface area contributed by atoms with E-state index < -0.39 is 12.1 Å². The molecule has 0 unspecified atom stereocenters. The molecule has 0 amide bonds. The lowest BCUT2D eigenvalue weighted by atomic mass is 10.2. The van der Waals surface area contributed by atoms with Crippen molar-refractivity contribution >= 4 is 54.9 Å². The first-order chi connectivity index (χ1) is 15.8. The molecule has 0 N–H and O–H groups in total. The summed E-state index contributed by atoms with van der Waals surface area (Å²) in [6.45, 7) is 5.45. The normalized spacial score (nSPS) is 12.2. The van der Waals surface area contributed by atoms with E-state index in [9.17, 15) is 9.59 Å². The van der Waals surface area contributed by atoms with Crippen molar-refractivity contribution in [3.8, 4) is 11.5 Å². The van der Waals surface area contributed by atoms with Crippen molar-refractivity contribution < 1.29 is 19.0 Å². The van der Waals surface area contributed by atoms with Gasteiger partial charge in [-0.3, -0.25) is 4.79 Å². The zero-order valence-electron chi connectivity index (χ0n) is 18.6. The Kier molecular flexibility index (Phi) is 8.25. The molecule has 3 aromatic rings. The summed E-state index contributed by atoms with van der Waals surface area (Å²) in [6, 6.07) is 8.80. The fraction of sp³-hybridized carbons (Fsp3) is 0.304. The molecule has 0 aliphatic rings. The first kappa shape index (κ1) is 24.9. The Morgan fingerprint density at radius 2 is 1.97 bits per heavy atom. The molecule has 2 aromatic carbocycles. The van der Waals surface area contributed by atoms with E-state index in [-0.39, 0.29) is 12.2 Å². The Bertz CT molecular complexity index is 1270. The monoisotopic (exact) mass is 579 g/mol. The Morgan fingerprint density at radius 3 is 2.64 bits per heavy atom. The number of fused-ring (bicyclic) bond motifs is 1.